The van der Waals surface area contributed by atoms with Gasteiger partial charge in [-0.15, -0.1) is 5.10 Å². The number of fused-ring (bicyclic) bond motifs is 1. The maximum absolute atomic E-state index is 14.4. The second-order valence-electron chi connectivity index (χ2n) is 10.6. The van der Waals surface area contributed by atoms with Crippen molar-refractivity contribution < 1.29 is 37.4 Å². The van der Waals surface area contributed by atoms with E-state index < -0.39 is 48.5 Å². The normalized spacial score (nSPS) is 19.6. The zero-order valence-corrected chi connectivity index (χ0v) is 25.4. The number of nitrogens with zero attached hydrogens (tertiary/aromatic N) is 6. The predicted molar refractivity (Wildman–Crippen MR) is 159 cm³/mol. The van der Waals surface area contributed by atoms with Gasteiger partial charge in [0.1, 0.15) is 30.2 Å². The van der Waals surface area contributed by atoms with Gasteiger partial charge in [-0.2, -0.15) is 4.57 Å². The first kappa shape index (κ1) is 30.5. The summed E-state index contributed by atoms with van der Waals surface area (Å²) in [5, 5.41) is 22.3. The van der Waals surface area contributed by atoms with Crippen molar-refractivity contribution >= 4 is 25.4 Å². The van der Waals surface area contributed by atoms with Crippen LogP contribution in [0.25, 0.3) is 0 Å². The van der Waals surface area contributed by atoms with Gasteiger partial charge in [0, 0.05) is 18.1 Å². The summed E-state index contributed by atoms with van der Waals surface area (Å²) in [6, 6.07) is 20.8. The lowest BCUT2D eigenvalue weighted by Gasteiger charge is -2.47. The van der Waals surface area contributed by atoms with Crippen molar-refractivity contribution in [3.8, 4) is 11.5 Å². The highest BCUT2D eigenvalue weighted by Crippen LogP contribution is 2.57. The minimum atomic E-state index is -4.56. The lowest BCUT2D eigenvalue weighted by Crippen LogP contribution is -2.62. The lowest BCUT2D eigenvalue weighted by atomic mass is 9.78. The Kier molecular flexibility index (Phi) is 8.24. The van der Waals surface area contributed by atoms with Gasteiger partial charge in [-0.3, -0.25) is 19.8 Å². The highest BCUT2D eigenvalue weighted by molar-refractivity contribution is 7.49. The third kappa shape index (κ3) is 5.92. The van der Waals surface area contributed by atoms with Crippen LogP contribution in [-0.4, -0.2) is 47.9 Å². The number of tetrazole rings is 1. The molecule has 0 radical (unpaired) electrons. The summed E-state index contributed by atoms with van der Waals surface area (Å²) in [4.78, 5) is 39.1. The molecular formula is C30H27N6O9P. The van der Waals surface area contributed by atoms with E-state index >= 15 is 0 Å². The molecule has 236 valence electrons. The molecule has 16 heteroatoms. The Hall–Kier alpha value is -5.56. The molecule has 0 unspecified atom stereocenters. The predicted octanol–water partition coefficient (Wildman–Crippen LogP) is 4.86. The summed E-state index contributed by atoms with van der Waals surface area (Å²) in [6.45, 7) is 3.24. The summed E-state index contributed by atoms with van der Waals surface area (Å²) >= 11 is 0. The van der Waals surface area contributed by atoms with E-state index in [1.807, 2.05) is 0 Å². The van der Waals surface area contributed by atoms with E-state index in [9.17, 15) is 24.3 Å². The number of aromatic nitrogens is 4. The standard InChI is InChI=1S/C30H27N6O9P/c1-19-26-25(20(2)34-18-31-32-33-34)29(37)35(26)27(30(38)42-17-21-13-15-22(16-14-21)36(39)40)28(19)45-46(41,43-23-9-5-3-6-10-23)44-24-11-7-4-8-12-24/h3-16,18-20,25-26H,17H2,1-2H3/t19-,20-,25+,26-/m1/s1. The SMILES string of the molecule is C[C@H]([C@@H]1C(=O)N2C(C(=O)OCc3ccc([N+](=O)[O-])cc3)=C(OP(=O)(Oc3ccccc3)Oc3ccccc3)[C@H](C)[C@H]12)n1cnnn1. The molecule has 2 aliphatic rings. The van der Waals surface area contributed by atoms with Crippen molar-refractivity contribution in [2.75, 3.05) is 0 Å². The van der Waals surface area contributed by atoms with Crippen molar-refractivity contribution in [3.63, 3.8) is 0 Å². The van der Waals surface area contributed by atoms with E-state index in [0.29, 0.717) is 5.56 Å². The average Bonchev–Trinajstić information content (AvgIpc) is 3.67. The molecule has 1 amide bonds. The molecular weight excluding hydrogens is 619 g/mol. The zero-order valence-electron chi connectivity index (χ0n) is 24.5. The first-order valence-corrected chi connectivity index (χ1v) is 15.6. The molecule has 6 rings (SSSR count). The third-order valence-electron chi connectivity index (χ3n) is 7.73. The van der Waals surface area contributed by atoms with Gasteiger partial charge in [-0.25, -0.2) is 9.48 Å². The number of para-hydroxylation sites is 2. The van der Waals surface area contributed by atoms with Gasteiger partial charge >= 0.3 is 13.8 Å². The number of benzene rings is 3. The van der Waals surface area contributed by atoms with E-state index in [1.54, 1.807) is 74.5 Å². The summed E-state index contributed by atoms with van der Waals surface area (Å²) < 4.78 is 39.0. The molecule has 3 heterocycles. The Bertz CT molecular complexity index is 1780. The van der Waals surface area contributed by atoms with Crippen molar-refractivity contribution in [2.45, 2.75) is 32.5 Å². The smallest absolute Gasteiger partial charge is 0.456 e. The average molecular weight is 647 g/mol. The van der Waals surface area contributed by atoms with Gasteiger partial charge in [-0.1, -0.05) is 43.3 Å². The Balaban J connectivity index is 1.34. The largest absolute Gasteiger partial charge is 0.646 e. The van der Waals surface area contributed by atoms with Crippen LogP contribution in [0.1, 0.15) is 25.5 Å². The number of ether oxygens (including phenoxy) is 1. The Labute approximate surface area is 262 Å². The fraction of sp³-hybridized carbons (Fsp3) is 0.233. The van der Waals surface area contributed by atoms with Crippen LogP contribution >= 0.6 is 7.82 Å². The number of rotatable bonds is 12. The van der Waals surface area contributed by atoms with E-state index in [-0.39, 0.29) is 35.2 Å². The van der Waals surface area contributed by atoms with Crippen LogP contribution in [0.3, 0.4) is 0 Å². The molecule has 0 bridgehead atoms. The number of β-lactam (4-membered cyclic amide) rings is 1. The third-order valence-corrected chi connectivity index (χ3v) is 9.02. The Morgan fingerprint density at radius 2 is 1.59 bits per heavy atom. The minimum absolute atomic E-state index is 0.117. The number of hydrogen-bond acceptors (Lipinski definition) is 12. The molecule has 4 aromatic rings. The quantitative estimate of drug-likeness (QED) is 0.0672. The van der Waals surface area contributed by atoms with Gasteiger partial charge in [0.15, 0.2) is 5.70 Å². The van der Waals surface area contributed by atoms with E-state index in [0.717, 1.165) is 0 Å². The van der Waals surface area contributed by atoms with E-state index in [1.165, 1.54) is 40.2 Å². The Morgan fingerprint density at radius 1 is 0.978 bits per heavy atom. The molecule has 2 aliphatic heterocycles. The molecule has 3 aromatic carbocycles. The summed E-state index contributed by atoms with van der Waals surface area (Å²) in [7, 11) is -4.56. The highest BCUT2D eigenvalue weighted by Gasteiger charge is 2.62. The Morgan fingerprint density at radius 3 is 2.13 bits per heavy atom. The van der Waals surface area contributed by atoms with Gasteiger partial charge < -0.3 is 18.3 Å². The van der Waals surface area contributed by atoms with Gasteiger partial charge in [0.2, 0.25) is 5.91 Å². The summed E-state index contributed by atoms with van der Waals surface area (Å²) in [5.74, 6) is -2.44. The highest BCUT2D eigenvalue weighted by atomic mass is 31.2. The number of esters is 1. The first-order valence-electron chi connectivity index (χ1n) is 14.1. The number of nitro benzene ring substituents is 1. The fourth-order valence-corrected chi connectivity index (χ4v) is 6.85. The number of phosphoric acid groups is 1. The molecule has 0 N–H and O–H groups in total. The van der Waals surface area contributed by atoms with Crippen LogP contribution in [0.4, 0.5) is 5.69 Å². The lowest BCUT2D eigenvalue weighted by molar-refractivity contribution is -0.384. The molecule has 1 saturated heterocycles. The molecule has 0 aliphatic carbocycles. The van der Waals surface area contributed by atoms with Crippen molar-refractivity contribution in [2.24, 2.45) is 11.8 Å². The maximum atomic E-state index is 14.4. The van der Waals surface area contributed by atoms with Gasteiger partial charge in [-0.05, 0) is 59.3 Å². The number of phosphoric ester groups is 1. The second kappa shape index (κ2) is 12.4. The minimum Gasteiger partial charge on any atom is -0.456 e. The summed E-state index contributed by atoms with van der Waals surface area (Å²) in [5.41, 5.74) is 0.0933. The van der Waals surface area contributed by atoms with Crippen molar-refractivity contribution in [1.82, 2.24) is 25.1 Å². The number of carbonyl (C=O) groups is 2. The molecule has 46 heavy (non-hydrogen) atoms. The van der Waals surface area contributed by atoms with Crippen molar-refractivity contribution in [3.05, 3.63) is 118 Å². The van der Waals surface area contributed by atoms with E-state index in [2.05, 4.69) is 15.5 Å². The maximum Gasteiger partial charge on any atom is 0.646 e. The molecule has 15 nitrogen and oxygen atoms in total. The first-order chi connectivity index (χ1) is 22.1. The van der Waals surface area contributed by atoms with Crippen LogP contribution in [0.15, 0.2) is 103 Å². The number of amides is 1. The molecule has 1 fully saturated rings. The summed E-state index contributed by atoms with van der Waals surface area (Å²) in [6.07, 6.45) is 1.39. The van der Waals surface area contributed by atoms with Crippen molar-refractivity contribution in [1.29, 1.82) is 0 Å². The molecule has 4 atom stereocenters. The van der Waals surface area contributed by atoms with Crippen LogP contribution in [-0.2, 0) is 30.0 Å². The van der Waals surface area contributed by atoms with Crippen LogP contribution in [0, 0.1) is 22.0 Å². The topological polar surface area (TPSA) is 178 Å². The van der Waals surface area contributed by atoms with Crippen LogP contribution < -0.4 is 9.05 Å². The van der Waals surface area contributed by atoms with Crippen LogP contribution in [0.2, 0.25) is 0 Å². The number of nitro groups is 1. The van der Waals surface area contributed by atoms with Gasteiger partial charge in [0.05, 0.1) is 22.9 Å². The van der Waals surface area contributed by atoms with E-state index in [4.69, 9.17) is 18.3 Å². The molecule has 1 aromatic heterocycles. The second-order valence-corrected chi connectivity index (χ2v) is 12.0. The monoisotopic (exact) mass is 646 g/mol. The number of hydrogen-bond donors (Lipinski definition) is 0. The number of carbonyl (C=O) groups excluding carboxylic acids is 2. The van der Waals surface area contributed by atoms with Gasteiger partial charge in [0.25, 0.3) is 5.69 Å². The number of non-ortho nitro benzene ring substituents is 1. The zero-order chi connectivity index (χ0) is 32.4. The van der Waals surface area contributed by atoms with Crippen LogP contribution in [0.5, 0.6) is 11.5 Å². The molecule has 0 saturated carbocycles. The molecule has 0 spiro atoms. The fourth-order valence-electron chi connectivity index (χ4n) is 5.48.